The number of halogens is 2. The topological polar surface area (TPSA) is 112 Å². The van der Waals surface area contributed by atoms with Gasteiger partial charge in [0.2, 0.25) is 0 Å². The third-order valence-electron chi connectivity index (χ3n) is 11.2. The third kappa shape index (κ3) is 7.68. The van der Waals surface area contributed by atoms with Crippen molar-refractivity contribution < 1.29 is 24.2 Å². The van der Waals surface area contributed by atoms with Crippen LogP contribution in [0, 0.1) is 27.7 Å². The molecule has 7 aromatic rings. The van der Waals surface area contributed by atoms with Gasteiger partial charge < -0.3 is 28.6 Å². The zero-order valence-corrected chi connectivity index (χ0v) is 35.2. The Bertz CT molecular complexity index is 2730. The number of carboxylic acids is 1. The summed E-state index contributed by atoms with van der Waals surface area (Å²) in [4.78, 5) is 38.9. The Labute approximate surface area is 352 Å². The monoisotopic (exact) mass is 829 g/mol. The number of hydrogen-bond donors (Lipinski definition) is 1. The Morgan fingerprint density at radius 2 is 1.59 bits per heavy atom. The summed E-state index contributed by atoms with van der Waals surface area (Å²) in [6.07, 6.45) is 3.74. The van der Waals surface area contributed by atoms with Gasteiger partial charge in [0.15, 0.2) is 5.82 Å². The smallest absolute Gasteiger partial charge is 0.335 e. The molecule has 1 aliphatic heterocycles. The van der Waals surface area contributed by atoms with Crippen molar-refractivity contribution in [2.75, 3.05) is 18.1 Å². The number of fused-ring (bicyclic) bond motifs is 4. The van der Waals surface area contributed by atoms with Crippen LogP contribution in [0.1, 0.15) is 73.2 Å². The second-order valence-electron chi connectivity index (χ2n) is 15.3. The minimum atomic E-state index is -1.02. The van der Waals surface area contributed by atoms with Gasteiger partial charge in [0.25, 0.3) is 5.91 Å². The first-order chi connectivity index (χ1) is 28.4. The fourth-order valence-electron chi connectivity index (χ4n) is 8.49. The molecule has 0 saturated carbocycles. The van der Waals surface area contributed by atoms with Crippen molar-refractivity contribution in [2.24, 2.45) is 7.05 Å². The van der Waals surface area contributed by atoms with E-state index >= 15 is 4.79 Å². The van der Waals surface area contributed by atoms with Crippen LogP contribution in [-0.2, 0) is 38.0 Å². The Morgan fingerprint density at radius 3 is 2.31 bits per heavy atom. The largest absolute Gasteiger partial charge is 0.494 e. The molecule has 4 heterocycles. The van der Waals surface area contributed by atoms with Crippen LogP contribution in [-0.4, -0.2) is 49.2 Å². The van der Waals surface area contributed by atoms with Gasteiger partial charge >= 0.3 is 5.97 Å². The molecular formula is C47H45Cl2N5O5. The molecule has 8 rings (SSSR count). The number of aromatic nitrogens is 4. The molecule has 0 bridgehead atoms. The molecule has 0 saturated heterocycles. The quantitative estimate of drug-likeness (QED) is 0.122. The number of carboxylic acid groups (broad SMARTS) is 1. The minimum absolute atomic E-state index is 0.161. The summed E-state index contributed by atoms with van der Waals surface area (Å²) in [5, 5.41) is 12.7. The number of nitrogens with zero attached hydrogens (tertiary/aromatic N) is 5. The predicted octanol–water partition coefficient (Wildman–Crippen LogP) is 10.6. The molecular weight excluding hydrogens is 785 g/mol. The Morgan fingerprint density at radius 1 is 0.864 bits per heavy atom. The van der Waals surface area contributed by atoms with Crippen LogP contribution in [0.5, 0.6) is 5.75 Å². The summed E-state index contributed by atoms with van der Waals surface area (Å²) in [5.41, 5.74) is 10.1. The summed E-state index contributed by atoms with van der Waals surface area (Å²) in [5.74, 6) is 0.141. The van der Waals surface area contributed by atoms with Gasteiger partial charge in [-0.25, -0.2) is 14.8 Å². The minimum Gasteiger partial charge on any atom is -0.494 e. The van der Waals surface area contributed by atoms with Gasteiger partial charge in [0.1, 0.15) is 18.1 Å². The van der Waals surface area contributed by atoms with Gasteiger partial charge in [-0.05, 0) is 106 Å². The van der Waals surface area contributed by atoms with Crippen LogP contribution in [0.25, 0.3) is 32.9 Å². The standard InChI is InChI=1S/C47H45Cl2N5O5/c1-27-21-33(22-28(2)43(27)49)59-20-9-13-34-35-15-16-37(48)42(41-29(3)50-40(51-30(41)4)26-58-25-31-11-7-6-8-12-31)44(35)54-19-10-18-53(46(55)45(34)54)39-24-52(5)38-17-14-32(47(56)57)23-36(38)39/h6-8,11-12,14-17,21-24H,9-10,13,18-20,25-26H2,1-5H3,(H,56,57). The normalized spacial score (nSPS) is 13.0. The highest BCUT2D eigenvalue weighted by Gasteiger charge is 2.33. The lowest BCUT2D eigenvalue weighted by Gasteiger charge is -2.20. The number of aryl methyl sites for hydroxylation is 7. The number of rotatable bonds is 12. The molecule has 302 valence electrons. The predicted molar refractivity (Wildman–Crippen MR) is 233 cm³/mol. The maximum absolute atomic E-state index is 15.2. The second-order valence-corrected chi connectivity index (χ2v) is 16.0. The van der Waals surface area contributed by atoms with E-state index < -0.39 is 5.97 Å². The first kappa shape index (κ1) is 40.1. The molecule has 4 aromatic carbocycles. The van der Waals surface area contributed by atoms with E-state index in [2.05, 4.69) is 4.57 Å². The lowest BCUT2D eigenvalue weighted by molar-refractivity contribution is 0.0696. The SMILES string of the molecule is Cc1cc(OCCCc2c3n(c4c(-c5c(C)nc(COCc6ccccc6)nc5C)c(Cl)ccc24)CCCN(c2cn(C)c4ccc(C(=O)O)cc24)C3=O)cc(C)c1Cl. The fraction of sp³-hybridized carbons (Fsp3) is 0.277. The maximum atomic E-state index is 15.2. The summed E-state index contributed by atoms with van der Waals surface area (Å²) in [6, 6.07) is 22.8. The van der Waals surface area contributed by atoms with E-state index in [1.54, 1.807) is 23.1 Å². The lowest BCUT2D eigenvalue weighted by atomic mass is 9.97. The lowest BCUT2D eigenvalue weighted by Crippen LogP contribution is -2.31. The fourth-order valence-corrected chi connectivity index (χ4v) is 8.85. The van der Waals surface area contributed by atoms with Crippen molar-refractivity contribution in [2.45, 2.75) is 66.7 Å². The molecule has 0 spiro atoms. The van der Waals surface area contributed by atoms with Gasteiger partial charge in [0.05, 0.1) is 35.0 Å². The van der Waals surface area contributed by atoms with Gasteiger partial charge in [0, 0.05) is 70.2 Å². The molecule has 12 heteroatoms. The van der Waals surface area contributed by atoms with E-state index in [1.165, 1.54) is 0 Å². The van der Waals surface area contributed by atoms with Crippen LogP contribution in [0.2, 0.25) is 10.0 Å². The van der Waals surface area contributed by atoms with Gasteiger partial charge in [-0.3, -0.25) is 4.79 Å². The molecule has 1 aliphatic rings. The highest BCUT2D eigenvalue weighted by molar-refractivity contribution is 6.35. The van der Waals surface area contributed by atoms with Crippen molar-refractivity contribution in [1.82, 2.24) is 19.1 Å². The van der Waals surface area contributed by atoms with Crippen LogP contribution in [0.4, 0.5) is 5.69 Å². The summed E-state index contributed by atoms with van der Waals surface area (Å²) in [6.45, 7) is 9.96. The number of amides is 1. The molecule has 0 aliphatic carbocycles. The number of ether oxygens (including phenoxy) is 2. The van der Waals surface area contributed by atoms with E-state index in [0.29, 0.717) is 73.2 Å². The van der Waals surface area contributed by atoms with Gasteiger partial charge in [-0.2, -0.15) is 0 Å². The summed E-state index contributed by atoms with van der Waals surface area (Å²) < 4.78 is 16.3. The van der Waals surface area contributed by atoms with Crippen molar-refractivity contribution in [3.05, 3.63) is 140 Å². The van der Waals surface area contributed by atoms with Crippen molar-refractivity contribution in [3.63, 3.8) is 0 Å². The number of carbonyl (C=O) groups excluding carboxylic acids is 1. The highest BCUT2D eigenvalue weighted by atomic mass is 35.5. The zero-order valence-electron chi connectivity index (χ0n) is 33.7. The van der Waals surface area contributed by atoms with Crippen LogP contribution >= 0.6 is 23.2 Å². The van der Waals surface area contributed by atoms with Crippen molar-refractivity contribution >= 4 is 62.6 Å². The van der Waals surface area contributed by atoms with E-state index in [4.69, 9.17) is 42.6 Å². The maximum Gasteiger partial charge on any atom is 0.335 e. The number of hydrogen-bond acceptors (Lipinski definition) is 6. The average Bonchev–Trinajstić information content (AvgIpc) is 3.64. The van der Waals surface area contributed by atoms with E-state index in [1.807, 2.05) is 100 Å². The molecule has 0 unspecified atom stereocenters. The molecule has 1 N–H and O–H groups in total. The molecule has 3 aromatic heterocycles. The van der Waals surface area contributed by atoms with Gasteiger partial charge in [-0.15, -0.1) is 0 Å². The number of anilines is 1. The Balaban J connectivity index is 1.22. The van der Waals surface area contributed by atoms with E-state index in [0.717, 1.165) is 72.0 Å². The van der Waals surface area contributed by atoms with E-state index in [-0.39, 0.29) is 18.1 Å². The van der Waals surface area contributed by atoms with Crippen molar-refractivity contribution in [1.29, 1.82) is 0 Å². The Kier molecular flexibility index (Phi) is 11.2. The van der Waals surface area contributed by atoms with Crippen LogP contribution < -0.4 is 9.64 Å². The third-order valence-corrected chi connectivity index (χ3v) is 12.1. The first-order valence-electron chi connectivity index (χ1n) is 19.7. The Hall–Kier alpha value is -5.68. The molecule has 0 fully saturated rings. The second kappa shape index (κ2) is 16.5. The molecule has 0 atom stereocenters. The van der Waals surface area contributed by atoms with Crippen LogP contribution in [0.15, 0.2) is 79.0 Å². The highest BCUT2D eigenvalue weighted by Crippen LogP contribution is 2.43. The molecule has 0 radical (unpaired) electrons. The molecule has 59 heavy (non-hydrogen) atoms. The number of benzene rings is 4. The van der Waals surface area contributed by atoms with Crippen LogP contribution in [0.3, 0.4) is 0 Å². The average molecular weight is 831 g/mol. The molecule has 1 amide bonds. The molecule has 10 nitrogen and oxygen atoms in total. The summed E-state index contributed by atoms with van der Waals surface area (Å²) >= 11 is 13.6. The summed E-state index contributed by atoms with van der Waals surface area (Å²) in [7, 11) is 1.91. The zero-order chi connectivity index (χ0) is 41.5. The first-order valence-corrected chi connectivity index (χ1v) is 20.5. The number of carbonyl (C=O) groups is 2. The number of aromatic carboxylic acids is 1. The van der Waals surface area contributed by atoms with Crippen molar-refractivity contribution in [3.8, 4) is 16.9 Å². The van der Waals surface area contributed by atoms with Gasteiger partial charge in [-0.1, -0.05) is 59.6 Å². The van der Waals surface area contributed by atoms with E-state index in [9.17, 15) is 9.90 Å².